The molecule has 2 heterocycles. The average Bonchev–Trinajstić information content (AvgIpc) is 3.00. The van der Waals surface area contributed by atoms with Gasteiger partial charge in [-0.05, 0) is 42.8 Å². The molecule has 0 atom stereocenters. The number of rotatable bonds is 3. The molecule has 0 aliphatic rings. The maximum absolute atomic E-state index is 12.9. The molecule has 3 rings (SSSR count). The van der Waals surface area contributed by atoms with Crippen molar-refractivity contribution in [3.63, 3.8) is 0 Å². The van der Waals surface area contributed by atoms with Crippen LogP contribution >= 0.6 is 0 Å². The van der Waals surface area contributed by atoms with Gasteiger partial charge in [0.1, 0.15) is 11.6 Å². The van der Waals surface area contributed by atoms with Crippen molar-refractivity contribution in [2.75, 3.05) is 5.32 Å². The fraction of sp³-hybridized carbons (Fsp3) is 0.0625. The summed E-state index contributed by atoms with van der Waals surface area (Å²) >= 11 is 0. The van der Waals surface area contributed by atoms with Crippen LogP contribution in [0.5, 0.6) is 0 Å². The van der Waals surface area contributed by atoms with Crippen molar-refractivity contribution in [2.24, 2.45) is 0 Å². The molecule has 0 bridgehead atoms. The molecule has 6 heteroatoms. The number of aryl methyl sites for hydroxylation is 1. The van der Waals surface area contributed by atoms with Crippen molar-refractivity contribution in [3.8, 4) is 11.3 Å². The molecule has 1 aromatic carbocycles. The zero-order valence-electron chi connectivity index (χ0n) is 11.7. The summed E-state index contributed by atoms with van der Waals surface area (Å²) in [6.07, 6.45) is 3.01. The molecule has 0 unspecified atom stereocenters. The molecule has 1 amide bonds. The van der Waals surface area contributed by atoms with Gasteiger partial charge in [0.05, 0.1) is 6.20 Å². The van der Waals surface area contributed by atoms with Crippen molar-refractivity contribution >= 4 is 11.7 Å². The topological polar surface area (TPSA) is 68.0 Å². The largest absolute Gasteiger partial charge is 0.432 e. The lowest BCUT2D eigenvalue weighted by atomic mass is 10.2. The van der Waals surface area contributed by atoms with Crippen molar-refractivity contribution < 1.29 is 13.6 Å². The Morgan fingerprint density at radius 3 is 2.68 bits per heavy atom. The molecule has 3 aromatic rings. The zero-order chi connectivity index (χ0) is 15.5. The van der Waals surface area contributed by atoms with E-state index in [0.29, 0.717) is 17.1 Å². The Hall–Kier alpha value is -3.02. The van der Waals surface area contributed by atoms with Gasteiger partial charge in [0.25, 0.3) is 5.89 Å². The van der Waals surface area contributed by atoms with E-state index in [-0.39, 0.29) is 11.7 Å². The summed E-state index contributed by atoms with van der Waals surface area (Å²) in [4.78, 5) is 20.1. The van der Waals surface area contributed by atoms with Crippen LogP contribution in [-0.4, -0.2) is 15.9 Å². The first-order chi connectivity index (χ1) is 10.6. The van der Waals surface area contributed by atoms with Crippen LogP contribution in [0, 0.1) is 12.7 Å². The Labute approximate surface area is 125 Å². The van der Waals surface area contributed by atoms with Gasteiger partial charge in [0.15, 0.2) is 5.76 Å². The lowest BCUT2D eigenvalue weighted by Crippen LogP contribution is -2.14. The predicted molar refractivity (Wildman–Crippen MR) is 78.8 cm³/mol. The maximum Gasteiger partial charge on any atom is 0.312 e. The van der Waals surface area contributed by atoms with Gasteiger partial charge in [-0.15, -0.1) is 0 Å². The third-order valence-electron chi connectivity index (χ3n) is 3.07. The molecule has 0 spiro atoms. The summed E-state index contributed by atoms with van der Waals surface area (Å²) in [5.74, 6) is -0.0664. The molecule has 1 N–H and O–H groups in total. The Morgan fingerprint density at radius 1 is 1.18 bits per heavy atom. The van der Waals surface area contributed by atoms with E-state index in [1.807, 2.05) is 13.0 Å². The minimum Gasteiger partial charge on any atom is -0.432 e. The van der Waals surface area contributed by atoms with E-state index in [2.05, 4.69) is 15.3 Å². The van der Waals surface area contributed by atoms with E-state index in [0.717, 1.165) is 5.56 Å². The highest BCUT2D eigenvalue weighted by Gasteiger charge is 2.15. The SMILES string of the molecule is Cc1cccnc1NC(=O)c1ncc(-c2ccc(F)cc2)o1. The van der Waals surface area contributed by atoms with Gasteiger partial charge >= 0.3 is 5.91 Å². The summed E-state index contributed by atoms with van der Waals surface area (Å²) in [7, 11) is 0. The van der Waals surface area contributed by atoms with Crippen LogP contribution in [0.3, 0.4) is 0 Å². The quantitative estimate of drug-likeness (QED) is 0.804. The average molecular weight is 297 g/mol. The summed E-state index contributed by atoms with van der Waals surface area (Å²) in [6, 6.07) is 9.36. The highest BCUT2D eigenvalue weighted by Crippen LogP contribution is 2.21. The number of pyridine rings is 1. The fourth-order valence-electron chi connectivity index (χ4n) is 1.90. The van der Waals surface area contributed by atoms with E-state index in [1.165, 1.54) is 18.3 Å². The molecular formula is C16H12FN3O2. The number of aromatic nitrogens is 2. The standard InChI is InChI=1S/C16H12FN3O2/c1-10-3-2-8-18-14(10)20-15(21)16-19-9-13(22-16)11-4-6-12(17)7-5-11/h2-9H,1H3,(H,18,20,21). The van der Waals surface area contributed by atoms with Crippen molar-refractivity contribution in [3.05, 3.63) is 66.1 Å². The van der Waals surface area contributed by atoms with Gasteiger partial charge in [-0.3, -0.25) is 4.79 Å². The molecule has 0 radical (unpaired) electrons. The number of amides is 1. The minimum atomic E-state index is -0.491. The summed E-state index contributed by atoms with van der Waals surface area (Å²) < 4.78 is 18.3. The minimum absolute atomic E-state index is 0.0793. The Morgan fingerprint density at radius 2 is 1.95 bits per heavy atom. The molecule has 0 saturated carbocycles. The first kappa shape index (κ1) is 13.9. The second-order valence-electron chi connectivity index (χ2n) is 4.66. The van der Waals surface area contributed by atoms with Crippen LogP contribution in [0.2, 0.25) is 0 Å². The van der Waals surface area contributed by atoms with Gasteiger partial charge in [0, 0.05) is 11.8 Å². The number of hydrogen-bond acceptors (Lipinski definition) is 4. The normalized spacial score (nSPS) is 10.5. The number of halogens is 1. The zero-order valence-corrected chi connectivity index (χ0v) is 11.7. The molecule has 0 aliphatic carbocycles. The monoisotopic (exact) mass is 297 g/mol. The number of hydrogen-bond donors (Lipinski definition) is 1. The lowest BCUT2D eigenvalue weighted by molar-refractivity contribution is 0.0990. The maximum atomic E-state index is 12.9. The van der Waals surface area contributed by atoms with Crippen LogP contribution in [0.25, 0.3) is 11.3 Å². The summed E-state index contributed by atoms with van der Waals surface area (Å²) in [6.45, 7) is 1.84. The second-order valence-corrected chi connectivity index (χ2v) is 4.66. The van der Waals surface area contributed by atoms with Crippen molar-refractivity contribution in [1.29, 1.82) is 0 Å². The highest BCUT2D eigenvalue weighted by molar-refractivity contribution is 6.00. The van der Waals surface area contributed by atoms with Crippen LogP contribution < -0.4 is 5.32 Å². The molecule has 0 fully saturated rings. The molecule has 2 aromatic heterocycles. The second kappa shape index (κ2) is 5.77. The highest BCUT2D eigenvalue weighted by atomic mass is 19.1. The van der Waals surface area contributed by atoms with E-state index in [4.69, 9.17) is 4.42 Å². The van der Waals surface area contributed by atoms with Gasteiger partial charge in [-0.1, -0.05) is 6.07 Å². The van der Waals surface area contributed by atoms with Crippen LogP contribution in [0.1, 0.15) is 16.2 Å². The first-order valence-corrected chi connectivity index (χ1v) is 6.58. The fourth-order valence-corrected chi connectivity index (χ4v) is 1.90. The lowest BCUT2D eigenvalue weighted by Gasteiger charge is -2.04. The van der Waals surface area contributed by atoms with Crippen LogP contribution in [-0.2, 0) is 0 Å². The smallest absolute Gasteiger partial charge is 0.312 e. The van der Waals surface area contributed by atoms with E-state index in [1.54, 1.807) is 24.4 Å². The number of nitrogens with one attached hydrogen (secondary N) is 1. The molecule has 0 aliphatic heterocycles. The van der Waals surface area contributed by atoms with Crippen LogP contribution in [0.4, 0.5) is 10.2 Å². The van der Waals surface area contributed by atoms with E-state index < -0.39 is 5.91 Å². The van der Waals surface area contributed by atoms with Gasteiger partial charge in [0.2, 0.25) is 0 Å². The van der Waals surface area contributed by atoms with Gasteiger partial charge in [-0.25, -0.2) is 14.4 Å². The number of carbonyl (C=O) groups is 1. The Balaban J connectivity index is 1.80. The number of nitrogens with zero attached hydrogens (tertiary/aromatic N) is 2. The van der Waals surface area contributed by atoms with Gasteiger partial charge in [-0.2, -0.15) is 0 Å². The molecular weight excluding hydrogens is 285 g/mol. The molecule has 0 saturated heterocycles. The van der Waals surface area contributed by atoms with Crippen molar-refractivity contribution in [2.45, 2.75) is 6.92 Å². The summed E-state index contributed by atoms with van der Waals surface area (Å²) in [5.41, 5.74) is 1.48. The van der Waals surface area contributed by atoms with Crippen molar-refractivity contribution in [1.82, 2.24) is 9.97 Å². The summed E-state index contributed by atoms with van der Waals surface area (Å²) in [5, 5.41) is 2.63. The van der Waals surface area contributed by atoms with Gasteiger partial charge < -0.3 is 9.73 Å². The molecule has 22 heavy (non-hydrogen) atoms. The Bertz CT molecular complexity index is 812. The molecule has 110 valence electrons. The van der Waals surface area contributed by atoms with E-state index >= 15 is 0 Å². The third-order valence-corrected chi connectivity index (χ3v) is 3.07. The number of oxazole rings is 1. The number of benzene rings is 1. The van der Waals surface area contributed by atoms with E-state index in [9.17, 15) is 9.18 Å². The number of anilines is 1. The van der Waals surface area contributed by atoms with Crippen LogP contribution in [0.15, 0.2) is 53.2 Å². The number of carbonyl (C=O) groups excluding carboxylic acids is 1. The Kier molecular flexibility index (Phi) is 3.65. The predicted octanol–water partition coefficient (Wildman–Crippen LogP) is 3.44. The first-order valence-electron chi connectivity index (χ1n) is 6.58. The molecule has 5 nitrogen and oxygen atoms in total. The third kappa shape index (κ3) is 2.85.